The maximum Gasteiger partial charge on any atom is 0.321 e. The van der Waals surface area contributed by atoms with Crippen molar-refractivity contribution in [1.29, 1.82) is 0 Å². The van der Waals surface area contributed by atoms with E-state index < -0.39 is 0 Å². The summed E-state index contributed by atoms with van der Waals surface area (Å²) in [6.07, 6.45) is 1.00. The van der Waals surface area contributed by atoms with Crippen molar-refractivity contribution in [2.45, 2.75) is 39.7 Å². The average molecular weight is 277 g/mol. The first-order chi connectivity index (χ1) is 8.87. The molecule has 2 N–H and O–H groups in total. The van der Waals surface area contributed by atoms with Crippen LogP contribution in [0.25, 0.3) is 10.2 Å². The highest BCUT2D eigenvalue weighted by atomic mass is 32.1. The molecule has 1 aromatic carbocycles. The second-order valence-electron chi connectivity index (χ2n) is 5.50. The second-order valence-corrected chi connectivity index (χ2v) is 6.53. The van der Waals surface area contributed by atoms with Crippen LogP contribution in [0.15, 0.2) is 18.2 Å². The van der Waals surface area contributed by atoms with Crippen molar-refractivity contribution >= 4 is 32.7 Å². The van der Waals surface area contributed by atoms with Crippen molar-refractivity contribution in [1.82, 2.24) is 10.3 Å². The first kappa shape index (κ1) is 13.8. The molecule has 0 aliphatic carbocycles. The van der Waals surface area contributed by atoms with Crippen molar-refractivity contribution in [3.8, 4) is 0 Å². The molecule has 0 atom stereocenters. The lowest BCUT2D eigenvalue weighted by Gasteiger charge is -2.19. The van der Waals surface area contributed by atoms with Crippen LogP contribution >= 0.6 is 11.3 Å². The van der Waals surface area contributed by atoms with Crippen LogP contribution in [0.4, 0.5) is 9.93 Å². The number of carbonyl (C=O) groups is 1. The second kappa shape index (κ2) is 5.17. The Labute approximate surface area is 117 Å². The van der Waals surface area contributed by atoms with Crippen LogP contribution in [-0.4, -0.2) is 16.6 Å². The third kappa shape index (κ3) is 3.67. The van der Waals surface area contributed by atoms with Crippen LogP contribution < -0.4 is 10.6 Å². The summed E-state index contributed by atoms with van der Waals surface area (Å²) in [5.41, 5.74) is 1.95. The van der Waals surface area contributed by atoms with Crippen LogP contribution in [0.2, 0.25) is 0 Å². The maximum absolute atomic E-state index is 11.8. The fourth-order valence-electron chi connectivity index (χ4n) is 1.71. The van der Waals surface area contributed by atoms with E-state index in [1.165, 1.54) is 16.9 Å². The Morgan fingerprint density at radius 3 is 2.74 bits per heavy atom. The highest BCUT2D eigenvalue weighted by Crippen LogP contribution is 2.26. The Morgan fingerprint density at radius 1 is 1.37 bits per heavy atom. The molecule has 0 bridgehead atoms. The molecule has 0 spiro atoms. The number of aryl methyl sites for hydroxylation is 1. The smallest absolute Gasteiger partial charge is 0.321 e. The van der Waals surface area contributed by atoms with Gasteiger partial charge in [0.05, 0.1) is 10.2 Å². The number of fused-ring (bicyclic) bond motifs is 1. The van der Waals surface area contributed by atoms with Crippen LogP contribution in [0, 0.1) is 0 Å². The number of nitrogens with one attached hydrogen (secondary N) is 2. The molecule has 5 heteroatoms. The largest absolute Gasteiger partial charge is 0.333 e. The average Bonchev–Trinajstić information content (AvgIpc) is 2.66. The number of hydrogen-bond acceptors (Lipinski definition) is 3. The summed E-state index contributed by atoms with van der Waals surface area (Å²) in [6.45, 7) is 7.95. The summed E-state index contributed by atoms with van der Waals surface area (Å²) in [6, 6.07) is 5.97. The fourth-order valence-corrected chi connectivity index (χ4v) is 2.64. The minimum Gasteiger partial charge on any atom is -0.333 e. The number of thiazole rings is 1. The highest BCUT2D eigenvalue weighted by Gasteiger charge is 2.15. The Bertz CT molecular complexity index is 598. The van der Waals surface area contributed by atoms with E-state index in [1.807, 2.05) is 26.8 Å². The van der Waals surface area contributed by atoms with Crippen LogP contribution in [0.1, 0.15) is 33.3 Å². The van der Waals surface area contributed by atoms with Gasteiger partial charge in [-0.1, -0.05) is 24.3 Å². The first-order valence-corrected chi connectivity index (χ1v) is 7.17. The number of urea groups is 1. The lowest BCUT2D eigenvalue weighted by atomic mass is 10.1. The van der Waals surface area contributed by atoms with Gasteiger partial charge in [0.25, 0.3) is 0 Å². The minimum atomic E-state index is -0.254. The topological polar surface area (TPSA) is 54.0 Å². The molecule has 19 heavy (non-hydrogen) atoms. The molecule has 0 fully saturated rings. The third-order valence-corrected chi connectivity index (χ3v) is 3.50. The minimum absolute atomic E-state index is 0.220. The lowest BCUT2D eigenvalue weighted by molar-refractivity contribution is 0.244. The highest BCUT2D eigenvalue weighted by molar-refractivity contribution is 7.22. The van der Waals surface area contributed by atoms with E-state index >= 15 is 0 Å². The molecule has 2 aromatic rings. The molecule has 0 unspecified atom stereocenters. The molecule has 1 heterocycles. The molecule has 2 amide bonds. The summed E-state index contributed by atoms with van der Waals surface area (Å²) in [7, 11) is 0. The number of aromatic nitrogens is 1. The van der Waals surface area contributed by atoms with Gasteiger partial charge in [0, 0.05) is 5.54 Å². The normalized spacial score (nSPS) is 11.6. The summed E-state index contributed by atoms with van der Waals surface area (Å²) in [5.74, 6) is 0. The molecule has 4 nitrogen and oxygen atoms in total. The van der Waals surface area contributed by atoms with Gasteiger partial charge in [0.2, 0.25) is 0 Å². The van der Waals surface area contributed by atoms with Crippen LogP contribution in [0.5, 0.6) is 0 Å². The molecule has 0 radical (unpaired) electrons. The molecule has 0 saturated carbocycles. The molecular formula is C14H19N3OS. The zero-order valence-electron chi connectivity index (χ0n) is 11.7. The van der Waals surface area contributed by atoms with Gasteiger partial charge in [-0.05, 0) is 44.9 Å². The van der Waals surface area contributed by atoms with Crippen molar-refractivity contribution in [2.24, 2.45) is 0 Å². The molecular weight excluding hydrogens is 258 g/mol. The predicted molar refractivity (Wildman–Crippen MR) is 80.9 cm³/mol. The van der Waals surface area contributed by atoms with E-state index in [1.54, 1.807) is 0 Å². The van der Waals surface area contributed by atoms with Crippen molar-refractivity contribution in [3.63, 3.8) is 0 Å². The summed E-state index contributed by atoms with van der Waals surface area (Å²) < 4.78 is 1.10. The molecule has 0 aliphatic rings. The number of rotatable bonds is 2. The van der Waals surface area contributed by atoms with E-state index in [0.717, 1.165) is 16.6 Å². The number of amides is 2. The van der Waals surface area contributed by atoms with Gasteiger partial charge in [-0.15, -0.1) is 0 Å². The van der Waals surface area contributed by atoms with Crippen LogP contribution in [-0.2, 0) is 6.42 Å². The van der Waals surface area contributed by atoms with Gasteiger partial charge >= 0.3 is 6.03 Å². The predicted octanol–water partition coefficient (Wildman–Crippen LogP) is 3.78. The van der Waals surface area contributed by atoms with Crippen LogP contribution in [0.3, 0.4) is 0 Å². The van der Waals surface area contributed by atoms with Gasteiger partial charge in [-0.25, -0.2) is 9.78 Å². The van der Waals surface area contributed by atoms with Gasteiger partial charge in [-0.2, -0.15) is 0 Å². The van der Waals surface area contributed by atoms with Gasteiger partial charge in [-0.3, -0.25) is 5.32 Å². The number of nitrogens with zero attached hydrogens (tertiary/aromatic N) is 1. The third-order valence-electron chi connectivity index (χ3n) is 2.57. The zero-order chi connectivity index (χ0) is 14.0. The lowest BCUT2D eigenvalue weighted by Crippen LogP contribution is -2.43. The standard InChI is InChI=1S/C14H19N3OS/c1-5-9-6-7-10-11(8-9)19-13(15-10)16-12(18)17-14(2,3)4/h6-8H,5H2,1-4H3,(H2,15,16,17,18). The molecule has 2 rings (SSSR count). The van der Waals surface area contributed by atoms with Gasteiger partial charge < -0.3 is 5.32 Å². The number of benzene rings is 1. The van der Waals surface area contributed by atoms with E-state index in [2.05, 4.69) is 34.7 Å². The van der Waals surface area contributed by atoms with Gasteiger partial charge in [0.15, 0.2) is 5.13 Å². The molecule has 0 aliphatic heterocycles. The van der Waals surface area contributed by atoms with Gasteiger partial charge in [0.1, 0.15) is 0 Å². The Balaban J connectivity index is 2.15. The maximum atomic E-state index is 11.8. The zero-order valence-corrected chi connectivity index (χ0v) is 12.5. The molecule has 102 valence electrons. The van der Waals surface area contributed by atoms with Crippen molar-refractivity contribution < 1.29 is 4.79 Å². The van der Waals surface area contributed by atoms with E-state index in [9.17, 15) is 4.79 Å². The Morgan fingerprint density at radius 2 is 2.11 bits per heavy atom. The fraction of sp³-hybridized carbons (Fsp3) is 0.429. The Kier molecular flexibility index (Phi) is 3.75. The monoisotopic (exact) mass is 277 g/mol. The van der Waals surface area contributed by atoms with Crippen molar-refractivity contribution in [3.05, 3.63) is 23.8 Å². The summed E-state index contributed by atoms with van der Waals surface area (Å²) in [5, 5.41) is 6.26. The number of carbonyl (C=O) groups excluding carboxylic acids is 1. The SMILES string of the molecule is CCc1ccc2nc(NC(=O)NC(C)(C)C)sc2c1. The first-order valence-electron chi connectivity index (χ1n) is 6.36. The van der Waals surface area contributed by atoms with E-state index in [-0.39, 0.29) is 11.6 Å². The van der Waals surface area contributed by atoms with Crippen molar-refractivity contribution in [2.75, 3.05) is 5.32 Å². The number of hydrogen-bond donors (Lipinski definition) is 2. The van der Waals surface area contributed by atoms with E-state index in [4.69, 9.17) is 0 Å². The summed E-state index contributed by atoms with van der Waals surface area (Å²) >= 11 is 1.50. The quantitative estimate of drug-likeness (QED) is 0.877. The van der Waals surface area contributed by atoms with E-state index in [0.29, 0.717) is 5.13 Å². The Hall–Kier alpha value is -1.62. The molecule has 1 aromatic heterocycles. The number of anilines is 1. The summed E-state index contributed by atoms with van der Waals surface area (Å²) in [4.78, 5) is 16.2. The molecule has 0 saturated heterocycles.